The number of thioether (sulfide) groups is 1. The number of carbonyl (C=O) groups excluding carboxylic acids is 1. The third kappa shape index (κ3) is 11.7. The second-order valence-corrected chi connectivity index (χ2v) is 7.67. The lowest BCUT2D eigenvalue weighted by Gasteiger charge is -2.19. The number of alkyl carbamates (subject to hydrolysis) is 1. The maximum atomic E-state index is 11.6. The fourth-order valence-electron chi connectivity index (χ4n) is 1.98. The van der Waals surface area contributed by atoms with Crippen LogP contribution in [-0.2, 0) is 11.2 Å². The molecule has 0 aromatic carbocycles. The van der Waals surface area contributed by atoms with E-state index in [2.05, 4.69) is 27.2 Å². The molecule has 0 aliphatic carbocycles. The van der Waals surface area contributed by atoms with Crippen LogP contribution >= 0.6 is 11.8 Å². The van der Waals surface area contributed by atoms with Gasteiger partial charge in [-0.15, -0.1) is 0 Å². The van der Waals surface area contributed by atoms with Gasteiger partial charge in [-0.1, -0.05) is 0 Å². The highest BCUT2D eigenvalue weighted by Crippen LogP contribution is 2.06. The number of nitrogens with zero attached hydrogens (tertiary/aromatic N) is 1. The Bertz CT molecular complexity index is 527. The average Bonchev–Trinajstić information content (AvgIpc) is 3.06. The highest BCUT2D eigenvalue weighted by atomic mass is 32.2. The van der Waals surface area contributed by atoms with Crippen molar-refractivity contribution in [2.24, 2.45) is 4.99 Å². The number of hydrogen-bond acceptors (Lipinski definition) is 5. The number of carbonyl (C=O) groups is 1. The van der Waals surface area contributed by atoms with Crippen molar-refractivity contribution < 1.29 is 13.9 Å². The van der Waals surface area contributed by atoms with Crippen LogP contribution in [0.2, 0.25) is 0 Å². The fraction of sp³-hybridized carbons (Fsp3) is 0.667. The van der Waals surface area contributed by atoms with Crippen LogP contribution in [0.3, 0.4) is 0 Å². The number of nitrogens with one attached hydrogen (secondary N) is 3. The first-order valence-corrected chi connectivity index (χ1v) is 10.3. The van der Waals surface area contributed by atoms with Gasteiger partial charge in [-0.05, 0) is 45.6 Å². The Morgan fingerprint density at radius 3 is 2.65 bits per heavy atom. The molecule has 1 rings (SSSR count). The minimum absolute atomic E-state index is 0.392. The Kier molecular flexibility index (Phi) is 10.7. The molecule has 26 heavy (non-hydrogen) atoms. The molecule has 0 saturated carbocycles. The van der Waals surface area contributed by atoms with Gasteiger partial charge in [0.05, 0.1) is 6.26 Å². The zero-order valence-corrected chi connectivity index (χ0v) is 17.1. The Hall–Kier alpha value is -1.83. The SMILES string of the molecule is CSCCNC(=NCCCNC(=O)OC(C)(C)C)NCCc1ccco1. The van der Waals surface area contributed by atoms with Crippen molar-refractivity contribution in [1.29, 1.82) is 0 Å². The Labute approximate surface area is 160 Å². The molecule has 0 atom stereocenters. The third-order valence-corrected chi connectivity index (χ3v) is 3.73. The number of aliphatic imine (C=N–C) groups is 1. The second-order valence-electron chi connectivity index (χ2n) is 6.69. The number of furan rings is 1. The van der Waals surface area contributed by atoms with E-state index in [0.29, 0.717) is 13.1 Å². The molecule has 0 fully saturated rings. The molecule has 1 aromatic rings. The second kappa shape index (κ2) is 12.5. The summed E-state index contributed by atoms with van der Waals surface area (Å²) in [5, 5.41) is 9.35. The minimum Gasteiger partial charge on any atom is -0.469 e. The molecule has 0 unspecified atom stereocenters. The Morgan fingerprint density at radius 1 is 1.23 bits per heavy atom. The number of hydrogen-bond donors (Lipinski definition) is 3. The summed E-state index contributed by atoms with van der Waals surface area (Å²) in [6, 6.07) is 3.85. The molecule has 1 heterocycles. The van der Waals surface area contributed by atoms with Gasteiger partial charge >= 0.3 is 6.09 Å². The van der Waals surface area contributed by atoms with E-state index in [1.807, 2.05) is 32.9 Å². The molecule has 148 valence electrons. The number of ether oxygens (including phenoxy) is 1. The highest BCUT2D eigenvalue weighted by Gasteiger charge is 2.15. The van der Waals surface area contributed by atoms with Crippen molar-refractivity contribution in [2.75, 3.05) is 38.2 Å². The summed E-state index contributed by atoms with van der Waals surface area (Å²) in [4.78, 5) is 16.1. The molecular formula is C18H32N4O3S. The largest absolute Gasteiger partial charge is 0.469 e. The molecular weight excluding hydrogens is 352 g/mol. The van der Waals surface area contributed by atoms with E-state index in [1.165, 1.54) is 0 Å². The van der Waals surface area contributed by atoms with Crippen LogP contribution in [0.1, 0.15) is 33.0 Å². The van der Waals surface area contributed by atoms with Crippen LogP contribution < -0.4 is 16.0 Å². The van der Waals surface area contributed by atoms with Crippen molar-refractivity contribution in [3.63, 3.8) is 0 Å². The van der Waals surface area contributed by atoms with Gasteiger partial charge in [0.25, 0.3) is 0 Å². The number of rotatable bonds is 10. The predicted octanol–water partition coefficient (Wildman–Crippen LogP) is 2.64. The van der Waals surface area contributed by atoms with Crippen LogP contribution in [0.15, 0.2) is 27.8 Å². The van der Waals surface area contributed by atoms with Crippen LogP contribution in [0.4, 0.5) is 4.79 Å². The number of guanidine groups is 1. The quantitative estimate of drug-likeness (QED) is 0.327. The first-order chi connectivity index (χ1) is 12.4. The van der Waals surface area contributed by atoms with Crippen molar-refractivity contribution >= 4 is 23.8 Å². The number of amides is 1. The molecule has 1 aromatic heterocycles. The molecule has 0 saturated heterocycles. The van der Waals surface area contributed by atoms with Gasteiger partial charge in [-0.3, -0.25) is 4.99 Å². The van der Waals surface area contributed by atoms with Gasteiger partial charge in [0.15, 0.2) is 5.96 Å². The summed E-state index contributed by atoms with van der Waals surface area (Å²) in [5.74, 6) is 2.74. The van der Waals surface area contributed by atoms with E-state index in [1.54, 1.807) is 18.0 Å². The predicted molar refractivity (Wildman–Crippen MR) is 108 cm³/mol. The molecule has 7 nitrogen and oxygen atoms in total. The van der Waals surface area contributed by atoms with Gasteiger partial charge in [0.2, 0.25) is 0 Å². The summed E-state index contributed by atoms with van der Waals surface area (Å²) in [6.45, 7) is 8.28. The van der Waals surface area contributed by atoms with E-state index in [9.17, 15) is 4.79 Å². The molecule has 0 aliphatic rings. The zero-order chi connectivity index (χ0) is 19.3. The summed E-state index contributed by atoms with van der Waals surface area (Å²) in [5.41, 5.74) is -0.478. The van der Waals surface area contributed by atoms with Gasteiger partial charge in [0.1, 0.15) is 11.4 Å². The van der Waals surface area contributed by atoms with Gasteiger partial charge in [0, 0.05) is 38.4 Å². The lowest BCUT2D eigenvalue weighted by atomic mass is 10.2. The maximum Gasteiger partial charge on any atom is 0.407 e. The normalized spacial score (nSPS) is 11.9. The molecule has 8 heteroatoms. The lowest BCUT2D eigenvalue weighted by molar-refractivity contribution is 0.0527. The summed E-state index contributed by atoms with van der Waals surface area (Å²) >= 11 is 1.78. The monoisotopic (exact) mass is 384 g/mol. The van der Waals surface area contributed by atoms with Gasteiger partial charge in [-0.2, -0.15) is 11.8 Å². The van der Waals surface area contributed by atoms with Crippen molar-refractivity contribution in [3.8, 4) is 0 Å². The summed E-state index contributed by atoms with van der Waals surface area (Å²) in [7, 11) is 0. The first-order valence-electron chi connectivity index (χ1n) is 8.91. The topological polar surface area (TPSA) is 87.9 Å². The van der Waals surface area contributed by atoms with Gasteiger partial charge < -0.3 is 25.1 Å². The van der Waals surface area contributed by atoms with Crippen LogP contribution in [0.5, 0.6) is 0 Å². The van der Waals surface area contributed by atoms with E-state index in [0.717, 1.165) is 43.4 Å². The maximum absolute atomic E-state index is 11.6. The van der Waals surface area contributed by atoms with Crippen molar-refractivity contribution in [3.05, 3.63) is 24.2 Å². The Balaban J connectivity index is 2.29. The van der Waals surface area contributed by atoms with E-state index in [-0.39, 0.29) is 0 Å². The first kappa shape index (κ1) is 22.2. The zero-order valence-electron chi connectivity index (χ0n) is 16.3. The smallest absolute Gasteiger partial charge is 0.407 e. The minimum atomic E-state index is -0.478. The van der Waals surface area contributed by atoms with Crippen molar-refractivity contribution in [1.82, 2.24) is 16.0 Å². The lowest BCUT2D eigenvalue weighted by Crippen LogP contribution is -2.39. The van der Waals surface area contributed by atoms with Crippen molar-refractivity contribution in [2.45, 2.75) is 39.2 Å². The molecule has 0 spiro atoms. The molecule has 0 aliphatic heterocycles. The van der Waals surface area contributed by atoms with E-state index >= 15 is 0 Å². The van der Waals surface area contributed by atoms with E-state index in [4.69, 9.17) is 9.15 Å². The van der Waals surface area contributed by atoms with Crippen LogP contribution in [-0.4, -0.2) is 55.8 Å². The van der Waals surface area contributed by atoms with Gasteiger partial charge in [-0.25, -0.2) is 4.79 Å². The highest BCUT2D eigenvalue weighted by molar-refractivity contribution is 7.98. The van der Waals surface area contributed by atoms with E-state index < -0.39 is 11.7 Å². The summed E-state index contributed by atoms with van der Waals surface area (Å²) in [6.07, 6.45) is 4.91. The third-order valence-electron chi connectivity index (χ3n) is 3.12. The molecule has 0 bridgehead atoms. The van der Waals surface area contributed by atoms with Crippen LogP contribution in [0.25, 0.3) is 0 Å². The summed E-state index contributed by atoms with van der Waals surface area (Å²) < 4.78 is 10.5. The molecule has 0 radical (unpaired) electrons. The average molecular weight is 385 g/mol. The standard InChI is InChI=1S/C18H32N4O3S/c1-18(2,3)25-17(23)22-10-6-9-19-16(21-12-14-26-4)20-11-8-15-7-5-13-24-15/h5,7,13H,6,8-12,14H2,1-4H3,(H,22,23)(H2,19,20,21). The van der Waals surface area contributed by atoms with Crippen LogP contribution in [0, 0.1) is 0 Å². The molecule has 3 N–H and O–H groups in total. The fourth-order valence-corrected chi connectivity index (χ4v) is 2.29. The molecule has 1 amide bonds. The Morgan fingerprint density at radius 2 is 2.00 bits per heavy atom.